The van der Waals surface area contributed by atoms with Crippen molar-refractivity contribution < 1.29 is 22.7 Å². The summed E-state index contributed by atoms with van der Waals surface area (Å²) >= 11 is 4.20. The zero-order valence-corrected chi connectivity index (χ0v) is 16.4. The number of halogens is 4. The Labute approximate surface area is 161 Å². The Morgan fingerprint density at radius 2 is 2.12 bits per heavy atom. The number of carbonyl (C=O) groups is 1. The molecule has 1 heterocycles. The topological polar surface area (TPSA) is 51.2 Å². The van der Waals surface area contributed by atoms with Gasteiger partial charge in [-0.3, -0.25) is 4.79 Å². The lowest BCUT2D eigenvalue weighted by Crippen LogP contribution is -2.10. The number of rotatable bonds is 9. The molecule has 0 aliphatic rings. The first-order valence-corrected chi connectivity index (χ1v) is 10.0. The third kappa shape index (κ3) is 5.70. The van der Waals surface area contributed by atoms with Crippen LogP contribution in [0.3, 0.4) is 0 Å². The van der Waals surface area contributed by atoms with E-state index < -0.39 is 11.7 Å². The lowest BCUT2D eigenvalue weighted by atomic mass is 10.1. The van der Waals surface area contributed by atoms with E-state index in [1.54, 1.807) is 5.38 Å². The minimum absolute atomic E-state index is 0.137. The van der Waals surface area contributed by atoms with Crippen molar-refractivity contribution in [3.63, 3.8) is 0 Å². The van der Waals surface area contributed by atoms with Crippen LogP contribution >= 0.6 is 27.3 Å². The van der Waals surface area contributed by atoms with Crippen LogP contribution in [0.15, 0.2) is 23.6 Å². The molecule has 9 heteroatoms. The monoisotopic (exact) mass is 450 g/mol. The second-order valence-corrected chi connectivity index (χ2v) is 6.90. The predicted molar refractivity (Wildman–Crippen MR) is 100.0 cm³/mol. The van der Waals surface area contributed by atoms with Crippen molar-refractivity contribution in [1.82, 2.24) is 4.98 Å². The quantitative estimate of drug-likeness (QED) is 0.287. The van der Waals surface area contributed by atoms with Gasteiger partial charge in [0.1, 0.15) is 11.4 Å². The van der Waals surface area contributed by atoms with E-state index >= 15 is 0 Å². The van der Waals surface area contributed by atoms with Gasteiger partial charge in [0.25, 0.3) is 0 Å². The largest absolute Gasteiger partial charge is 0.493 e. The van der Waals surface area contributed by atoms with Crippen LogP contribution in [0.25, 0.3) is 0 Å². The second kappa shape index (κ2) is 9.36. The minimum atomic E-state index is -4.53. The number of nitrogens with zero attached hydrogens (tertiary/aromatic N) is 1. The average Bonchev–Trinajstić information content (AvgIpc) is 3.06. The first kappa shape index (κ1) is 20.7. The minimum Gasteiger partial charge on any atom is -0.493 e. The first-order chi connectivity index (χ1) is 12.3. The Morgan fingerprint density at radius 1 is 1.35 bits per heavy atom. The van der Waals surface area contributed by atoms with E-state index in [1.807, 2.05) is 6.92 Å². The highest BCUT2D eigenvalue weighted by molar-refractivity contribution is 9.09. The molecule has 0 bridgehead atoms. The molecule has 0 unspecified atom stereocenters. The molecule has 0 saturated carbocycles. The molecule has 0 saturated heterocycles. The van der Waals surface area contributed by atoms with Gasteiger partial charge in [-0.25, -0.2) is 4.98 Å². The molecular weight excluding hydrogens is 433 g/mol. The number of hydrogen-bond donors (Lipinski definition) is 1. The van der Waals surface area contributed by atoms with Gasteiger partial charge in [0, 0.05) is 11.1 Å². The van der Waals surface area contributed by atoms with Gasteiger partial charge in [-0.15, -0.1) is 11.3 Å². The molecule has 4 nitrogen and oxygen atoms in total. The molecule has 0 atom stereocenters. The van der Waals surface area contributed by atoms with Gasteiger partial charge in [-0.2, -0.15) is 13.2 Å². The summed E-state index contributed by atoms with van der Waals surface area (Å²) < 4.78 is 45.3. The van der Waals surface area contributed by atoms with Crippen molar-refractivity contribution in [1.29, 1.82) is 0 Å². The van der Waals surface area contributed by atoms with E-state index in [0.717, 1.165) is 30.2 Å². The van der Waals surface area contributed by atoms with Crippen LogP contribution in [0.1, 0.15) is 42.2 Å². The number of nitrogens with one attached hydrogen (secondary N) is 1. The highest BCUT2D eigenvalue weighted by Crippen LogP contribution is 2.38. The summed E-state index contributed by atoms with van der Waals surface area (Å²) in [5.74, 6) is -0.380. The number of anilines is 2. The maximum atomic E-state index is 13.3. The Kier molecular flexibility index (Phi) is 7.45. The normalized spacial score (nSPS) is 11.4. The molecule has 0 radical (unpaired) electrons. The molecule has 26 heavy (non-hydrogen) atoms. The highest BCUT2D eigenvalue weighted by Gasteiger charge is 2.34. The van der Waals surface area contributed by atoms with E-state index in [1.165, 1.54) is 12.1 Å². The van der Waals surface area contributed by atoms with Gasteiger partial charge in [0.2, 0.25) is 0 Å². The van der Waals surface area contributed by atoms with Gasteiger partial charge in [-0.1, -0.05) is 35.7 Å². The standard InChI is InChI=1S/C17H18BrF3N2O2S/c1-2-3-4-7-25-15-6-5-11(8-12(15)17(19,20)21)22-16-23-13(10-26-16)14(24)9-18/h5-6,8,10H,2-4,7,9H2,1H3,(H,22,23). The molecule has 0 aliphatic heterocycles. The number of unbranched alkanes of at least 4 members (excludes halogenated alkanes) is 2. The molecule has 0 amide bonds. The number of alkyl halides is 4. The Morgan fingerprint density at radius 3 is 2.77 bits per heavy atom. The van der Waals surface area contributed by atoms with Crippen molar-refractivity contribution in [2.75, 3.05) is 17.3 Å². The SMILES string of the molecule is CCCCCOc1ccc(Nc2nc(C(=O)CBr)cs2)cc1C(F)(F)F. The maximum absolute atomic E-state index is 13.3. The van der Waals surface area contributed by atoms with Gasteiger partial charge in [0.15, 0.2) is 10.9 Å². The predicted octanol–water partition coefficient (Wildman–Crippen LogP) is 6.05. The van der Waals surface area contributed by atoms with Gasteiger partial charge in [0.05, 0.1) is 17.5 Å². The third-order valence-corrected chi connectivity index (χ3v) is 4.72. The summed E-state index contributed by atoms with van der Waals surface area (Å²) in [5, 5.41) is 4.84. The van der Waals surface area contributed by atoms with Gasteiger partial charge >= 0.3 is 6.18 Å². The molecule has 1 N–H and O–H groups in total. The van der Waals surface area contributed by atoms with E-state index in [2.05, 4.69) is 26.2 Å². The van der Waals surface area contributed by atoms with Crippen LogP contribution in [0.4, 0.5) is 24.0 Å². The number of hydrogen-bond acceptors (Lipinski definition) is 5. The van der Waals surface area contributed by atoms with Crippen LogP contribution in [0.2, 0.25) is 0 Å². The lowest BCUT2D eigenvalue weighted by Gasteiger charge is -2.15. The van der Waals surface area contributed by atoms with Crippen LogP contribution in [0.5, 0.6) is 5.75 Å². The Bertz CT molecular complexity index is 750. The number of carbonyl (C=O) groups excluding carboxylic acids is 1. The third-order valence-electron chi connectivity index (χ3n) is 3.45. The van der Waals surface area contributed by atoms with Gasteiger partial charge < -0.3 is 10.1 Å². The average molecular weight is 451 g/mol. The van der Waals surface area contributed by atoms with E-state index in [-0.39, 0.29) is 34.9 Å². The summed E-state index contributed by atoms with van der Waals surface area (Å²) in [6.07, 6.45) is -1.96. The van der Waals surface area contributed by atoms with Gasteiger partial charge in [-0.05, 0) is 24.6 Å². The van der Waals surface area contributed by atoms with Crippen molar-refractivity contribution in [3.05, 3.63) is 34.8 Å². The number of aromatic nitrogens is 1. The summed E-state index contributed by atoms with van der Waals surface area (Å²) in [4.78, 5) is 15.6. The number of ketones is 1. The van der Waals surface area contributed by atoms with E-state index in [9.17, 15) is 18.0 Å². The fourth-order valence-corrected chi connectivity index (χ4v) is 3.16. The first-order valence-electron chi connectivity index (χ1n) is 8.01. The summed E-state index contributed by atoms with van der Waals surface area (Å²) in [6.45, 7) is 2.26. The molecule has 142 valence electrons. The van der Waals surface area contributed by atoms with Crippen molar-refractivity contribution >= 4 is 43.9 Å². The van der Waals surface area contributed by atoms with Crippen molar-refractivity contribution in [3.8, 4) is 5.75 Å². The van der Waals surface area contributed by atoms with Crippen LogP contribution in [-0.2, 0) is 6.18 Å². The molecule has 1 aromatic carbocycles. The molecular formula is C17H18BrF3N2O2S. The molecule has 2 rings (SSSR count). The van der Waals surface area contributed by atoms with E-state index in [0.29, 0.717) is 11.6 Å². The maximum Gasteiger partial charge on any atom is 0.420 e. The summed E-state index contributed by atoms with van der Waals surface area (Å²) in [6, 6.07) is 3.79. The molecule has 1 aromatic heterocycles. The molecule has 0 aliphatic carbocycles. The zero-order valence-electron chi connectivity index (χ0n) is 14.0. The molecule has 0 fully saturated rings. The lowest BCUT2D eigenvalue weighted by molar-refractivity contribution is -0.138. The van der Waals surface area contributed by atoms with Crippen LogP contribution < -0.4 is 10.1 Å². The second-order valence-electron chi connectivity index (χ2n) is 5.48. The zero-order chi connectivity index (χ0) is 19.2. The van der Waals surface area contributed by atoms with E-state index in [4.69, 9.17) is 4.74 Å². The number of ether oxygens (including phenoxy) is 1. The summed E-state index contributed by atoms with van der Waals surface area (Å²) in [5.41, 5.74) is -0.348. The number of thiazole rings is 1. The highest BCUT2D eigenvalue weighted by atomic mass is 79.9. The fourth-order valence-electron chi connectivity index (χ4n) is 2.14. The molecule has 0 spiro atoms. The van der Waals surface area contributed by atoms with Crippen LogP contribution in [0, 0.1) is 0 Å². The van der Waals surface area contributed by atoms with Crippen LogP contribution in [-0.4, -0.2) is 22.7 Å². The summed E-state index contributed by atoms with van der Waals surface area (Å²) in [7, 11) is 0. The van der Waals surface area contributed by atoms with Crippen molar-refractivity contribution in [2.24, 2.45) is 0 Å². The Balaban J connectivity index is 2.17. The fraction of sp³-hybridized carbons (Fsp3) is 0.412. The molecule has 2 aromatic rings. The Hall–Kier alpha value is -1.61. The smallest absolute Gasteiger partial charge is 0.420 e. The number of benzene rings is 1. The number of Topliss-reactive ketones (excluding diaryl/α,β-unsaturated/α-hetero) is 1. The van der Waals surface area contributed by atoms with Crippen molar-refractivity contribution in [2.45, 2.75) is 32.4 Å².